The van der Waals surface area contributed by atoms with Crippen LogP contribution in [-0.4, -0.2) is 0 Å². The van der Waals surface area contributed by atoms with Gasteiger partial charge in [0.15, 0.2) is 0 Å². The van der Waals surface area contributed by atoms with Crippen molar-refractivity contribution in [3.63, 3.8) is 0 Å². The first-order chi connectivity index (χ1) is 4.61. The monoisotopic (exact) mass is 255 g/mol. The summed E-state index contributed by atoms with van der Waals surface area (Å²) in [5.74, 6) is -2.51. The lowest BCUT2D eigenvalue weighted by atomic mass is 10.3. The van der Waals surface area contributed by atoms with E-state index in [9.17, 15) is 13.9 Å². The summed E-state index contributed by atoms with van der Waals surface area (Å²) in [5, 5.41) is 10.6. The second kappa shape index (κ2) is 2.69. The second-order valence-electron chi connectivity index (χ2n) is 1.70. The van der Waals surface area contributed by atoms with Gasteiger partial charge < -0.3 is 5.11 Å². The predicted molar refractivity (Wildman–Crippen MR) is 38.5 cm³/mol. The zero-order chi connectivity index (χ0) is 7.72. The fourth-order valence-corrected chi connectivity index (χ4v) is 1.08. The third-order valence-corrected chi connectivity index (χ3v) is 1.76. The third kappa shape index (κ3) is 1.36. The average molecular weight is 255 g/mol. The summed E-state index contributed by atoms with van der Waals surface area (Å²) < 4.78 is 24.6. The molecule has 0 radical (unpaired) electrons. The van der Waals surface area contributed by atoms with E-state index >= 15 is 0 Å². The molecule has 0 fully saturated rings. The van der Waals surface area contributed by atoms with E-state index in [0.29, 0.717) is 6.07 Å². The van der Waals surface area contributed by atoms with Crippen LogP contribution in [0.5, 0.6) is 5.75 Å². The zero-order valence-corrected chi connectivity index (χ0v) is 6.85. The first-order valence-electron chi connectivity index (χ1n) is 2.43. The first-order valence-corrected chi connectivity index (χ1v) is 3.50. The van der Waals surface area contributed by atoms with Crippen molar-refractivity contribution in [3.05, 3.63) is 27.3 Å². The molecule has 0 aliphatic carbocycles. The van der Waals surface area contributed by atoms with Gasteiger partial charge in [-0.3, -0.25) is 0 Å². The summed E-state index contributed by atoms with van der Waals surface area (Å²) in [7, 11) is 0. The highest BCUT2D eigenvalue weighted by molar-refractivity contribution is 14.1. The first kappa shape index (κ1) is 7.71. The molecule has 1 nitrogen and oxygen atoms in total. The van der Waals surface area contributed by atoms with Crippen LogP contribution in [0.2, 0.25) is 0 Å². The molecule has 0 aliphatic heterocycles. The van der Waals surface area contributed by atoms with E-state index in [-0.39, 0.29) is 3.57 Å². The minimum atomic E-state index is -1.04. The normalized spacial score (nSPS) is 9.90. The van der Waals surface area contributed by atoms with E-state index in [1.807, 2.05) is 0 Å². The van der Waals surface area contributed by atoms with Gasteiger partial charge in [0.25, 0.3) is 0 Å². The summed E-state index contributed by atoms with van der Waals surface area (Å²) in [6.07, 6.45) is 0. The van der Waals surface area contributed by atoms with Gasteiger partial charge >= 0.3 is 0 Å². The van der Waals surface area contributed by atoms with Crippen molar-refractivity contribution in [2.75, 3.05) is 0 Å². The Labute approximate surface area is 69.8 Å². The van der Waals surface area contributed by atoms with Crippen molar-refractivity contribution >= 4 is 22.6 Å². The molecular weight excluding hydrogens is 253 g/mol. The summed E-state index contributed by atoms with van der Waals surface area (Å²) in [4.78, 5) is 0. The fourth-order valence-electron chi connectivity index (χ4n) is 0.529. The molecule has 0 aliphatic rings. The lowest BCUT2D eigenvalue weighted by Gasteiger charge is -2.08. The van der Waals surface area contributed by atoms with Crippen LogP contribution in [0.1, 0.15) is 0 Å². The molecule has 0 saturated heterocycles. The lowest BCUT2D eigenvalue weighted by Crippen LogP contribution is -1.97. The Morgan fingerprint density at radius 1 is 1.30 bits per heavy atom. The van der Waals surface area contributed by atoms with Gasteiger partial charge in [-0.1, -0.05) is 5.75 Å². The van der Waals surface area contributed by atoms with Gasteiger partial charge in [0.1, 0.15) is 11.6 Å². The maximum absolute atomic E-state index is 12.3. The third-order valence-electron chi connectivity index (χ3n) is 0.963. The van der Waals surface area contributed by atoms with Crippen molar-refractivity contribution in [1.29, 1.82) is 0 Å². The van der Waals surface area contributed by atoms with Gasteiger partial charge in [-0.15, -0.1) is 0 Å². The number of benzene rings is 1. The number of hydrogen-bond donors (Lipinski definition) is 0. The van der Waals surface area contributed by atoms with Gasteiger partial charge in [-0.05, 0) is 28.7 Å². The summed E-state index contributed by atoms with van der Waals surface area (Å²) in [6, 6.07) is 1.57. The van der Waals surface area contributed by atoms with Crippen LogP contribution >= 0.6 is 22.6 Å². The molecule has 1 rings (SSSR count). The summed E-state index contributed by atoms with van der Waals surface area (Å²) in [5.41, 5.74) is 0. The minimum Gasteiger partial charge on any atom is -0.870 e. The Kier molecular flexibility index (Phi) is 2.08. The smallest absolute Gasteiger partial charge is 0.127 e. The number of rotatable bonds is 0. The number of halogens is 3. The van der Waals surface area contributed by atoms with Crippen molar-refractivity contribution in [1.82, 2.24) is 0 Å². The molecule has 0 saturated carbocycles. The topological polar surface area (TPSA) is 23.1 Å². The molecule has 0 spiro atoms. The molecular formula is C6H2F2IO-. The molecule has 0 aromatic heterocycles. The minimum absolute atomic E-state index is 0.0649. The van der Waals surface area contributed by atoms with Crippen LogP contribution in [0.3, 0.4) is 0 Å². The van der Waals surface area contributed by atoms with E-state index < -0.39 is 17.4 Å². The van der Waals surface area contributed by atoms with Crippen molar-refractivity contribution in [2.24, 2.45) is 0 Å². The molecule has 0 atom stereocenters. The molecule has 0 N–H and O–H groups in total. The maximum atomic E-state index is 12.3. The molecule has 54 valence electrons. The quantitative estimate of drug-likeness (QED) is 0.646. The van der Waals surface area contributed by atoms with Crippen LogP contribution in [0, 0.1) is 15.2 Å². The van der Waals surface area contributed by atoms with Gasteiger partial charge in [-0.25, -0.2) is 8.78 Å². The highest BCUT2D eigenvalue weighted by Crippen LogP contribution is 2.20. The second-order valence-corrected chi connectivity index (χ2v) is 2.86. The molecule has 10 heavy (non-hydrogen) atoms. The highest BCUT2D eigenvalue weighted by atomic mass is 127. The van der Waals surface area contributed by atoms with Gasteiger partial charge in [0.05, 0.1) is 0 Å². The molecule has 0 unspecified atom stereocenters. The SMILES string of the molecule is [O-]c1c(F)cc(F)cc1I. The summed E-state index contributed by atoms with van der Waals surface area (Å²) >= 11 is 1.58. The average Bonchev–Trinajstić information content (AvgIpc) is 1.82. The van der Waals surface area contributed by atoms with Gasteiger partial charge in [0, 0.05) is 9.64 Å². The van der Waals surface area contributed by atoms with Crippen molar-refractivity contribution in [2.45, 2.75) is 0 Å². The fraction of sp³-hybridized carbons (Fsp3) is 0. The molecule has 0 bridgehead atoms. The van der Waals surface area contributed by atoms with E-state index in [4.69, 9.17) is 0 Å². The molecule has 1 aromatic carbocycles. The predicted octanol–water partition coefficient (Wildman–Crippen LogP) is 1.64. The molecule has 0 heterocycles. The van der Waals surface area contributed by atoms with Crippen LogP contribution in [0.15, 0.2) is 12.1 Å². The molecule has 0 amide bonds. The standard InChI is InChI=1S/C6H3F2IO/c7-3-1-4(8)6(10)5(9)2-3/h1-2,10H/p-1. The Morgan fingerprint density at radius 3 is 2.40 bits per heavy atom. The van der Waals surface area contributed by atoms with Crippen LogP contribution in [0.25, 0.3) is 0 Å². The van der Waals surface area contributed by atoms with Crippen LogP contribution in [-0.2, 0) is 0 Å². The molecule has 4 heteroatoms. The van der Waals surface area contributed by atoms with Crippen LogP contribution < -0.4 is 5.11 Å². The Bertz CT molecular complexity index is 239. The van der Waals surface area contributed by atoms with E-state index in [1.54, 1.807) is 22.6 Å². The lowest BCUT2D eigenvalue weighted by molar-refractivity contribution is -0.273. The zero-order valence-electron chi connectivity index (χ0n) is 4.70. The van der Waals surface area contributed by atoms with Crippen LogP contribution in [0.4, 0.5) is 8.78 Å². The Hall–Kier alpha value is -0.390. The van der Waals surface area contributed by atoms with E-state index in [2.05, 4.69) is 0 Å². The number of hydrogen-bond acceptors (Lipinski definition) is 1. The van der Waals surface area contributed by atoms with E-state index in [0.717, 1.165) is 6.07 Å². The summed E-state index contributed by atoms with van der Waals surface area (Å²) in [6.45, 7) is 0. The van der Waals surface area contributed by atoms with Crippen molar-refractivity contribution in [3.8, 4) is 5.75 Å². The molecule has 1 aromatic rings. The largest absolute Gasteiger partial charge is 0.870 e. The van der Waals surface area contributed by atoms with Gasteiger partial charge in [0.2, 0.25) is 0 Å². The Morgan fingerprint density at radius 2 is 1.90 bits per heavy atom. The van der Waals surface area contributed by atoms with Gasteiger partial charge in [-0.2, -0.15) is 0 Å². The Balaban J connectivity index is 3.31. The van der Waals surface area contributed by atoms with E-state index in [1.165, 1.54) is 0 Å². The van der Waals surface area contributed by atoms with Crippen molar-refractivity contribution < 1.29 is 13.9 Å². The maximum Gasteiger partial charge on any atom is 0.127 e. The highest BCUT2D eigenvalue weighted by Gasteiger charge is 1.99.